The molecule has 0 saturated heterocycles. The minimum absolute atomic E-state index is 0.0631. The summed E-state index contributed by atoms with van der Waals surface area (Å²) in [5.41, 5.74) is 16.3. The van der Waals surface area contributed by atoms with E-state index in [2.05, 4.69) is 11.9 Å². The SMILES string of the molecule is CCCCCCCCCCCCCCOC(=O)[C@@H](N)CCCN=C(N)N.O=P(O)(O)O. The Bertz CT molecular complexity index is 490. The standard InChI is InChI=1S/C20H42N4O2.H3O4P/c1-2-3-4-5-6-7-8-9-10-11-12-13-17-26-19(25)18(21)15-14-16-24-20(22)23;1-5(2,3)4/h18H,2-17,21H2,1H3,(H4,22,23,24);(H3,1,2,3,4)/t18-;/m0./s1. The van der Waals surface area contributed by atoms with Gasteiger partial charge in [-0.25, -0.2) is 4.57 Å². The lowest BCUT2D eigenvalue weighted by Gasteiger charge is -2.10. The molecule has 1 atom stereocenters. The number of aliphatic imine (C=N–C) groups is 1. The number of phosphoric acid groups is 1. The number of nitrogens with zero attached hydrogens (tertiary/aromatic N) is 1. The highest BCUT2D eigenvalue weighted by Gasteiger charge is 2.14. The summed E-state index contributed by atoms with van der Waals surface area (Å²) in [6.45, 7) is 3.21. The number of unbranched alkanes of at least 4 members (excludes halogenated alkanes) is 11. The normalized spacial score (nSPS) is 11.9. The maximum Gasteiger partial charge on any atom is 0.466 e. The number of esters is 1. The van der Waals surface area contributed by atoms with Crippen molar-refractivity contribution in [3.05, 3.63) is 0 Å². The van der Waals surface area contributed by atoms with Gasteiger partial charge in [0.05, 0.1) is 6.61 Å². The summed E-state index contributed by atoms with van der Waals surface area (Å²) in [7, 11) is -4.64. The van der Waals surface area contributed by atoms with E-state index < -0.39 is 13.9 Å². The molecule has 0 aromatic carbocycles. The van der Waals surface area contributed by atoms with E-state index in [1.807, 2.05) is 0 Å². The van der Waals surface area contributed by atoms with Gasteiger partial charge in [0.2, 0.25) is 0 Å². The largest absolute Gasteiger partial charge is 0.466 e. The minimum Gasteiger partial charge on any atom is -0.465 e. The van der Waals surface area contributed by atoms with Crippen LogP contribution in [0.25, 0.3) is 0 Å². The monoisotopic (exact) mass is 468 g/mol. The van der Waals surface area contributed by atoms with Gasteiger partial charge in [0.1, 0.15) is 6.04 Å². The Morgan fingerprint density at radius 1 is 0.871 bits per heavy atom. The molecule has 9 N–H and O–H groups in total. The molecular weight excluding hydrogens is 423 g/mol. The molecule has 0 unspecified atom stereocenters. The average Bonchev–Trinajstić information content (AvgIpc) is 2.67. The van der Waals surface area contributed by atoms with E-state index in [1.165, 1.54) is 64.2 Å². The molecule has 10 nitrogen and oxygen atoms in total. The zero-order valence-corrected chi connectivity index (χ0v) is 20.0. The summed E-state index contributed by atoms with van der Waals surface area (Å²) in [6, 6.07) is -0.582. The van der Waals surface area contributed by atoms with Gasteiger partial charge in [-0.15, -0.1) is 0 Å². The molecule has 0 amide bonds. The lowest BCUT2D eigenvalue weighted by molar-refractivity contribution is -0.145. The summed E-state index contributed by atoms with van der Waals surface area (Å²) < 4.78 is 14.1. The lowest BCUT2D eigenvalue weighted by atomic mass is 10.1. The lowest BCUT2D eigenvalue weighted by Crippen LogP contribution is -2.32. The summed E-state index contributed by atoms with van der Waals surface area (Å²) in [4.78, 5) is 37.2. The van der Waals surface area contributed by atoms with Crippen molar-refractivity contribution in [2.75, 3.05) is 13.2 Å². The fourth-order valence-electron chi connectivity index (χ4n) is 2.86. The number of guanidine groups is 1. The van der Waals surface area contributed by atoms with Gasteiger partial charge >= 0.3 is 13.8 Å². The second-order valence-electron chi connectivity index (χ2n) is 7.63. The smallest absolute Gasteiger partial charge is 0.465 e. The molecule has 11 heteroatoms. The summed E-state index contributed by atoms with van der Waals surface area (Å²) >= 11 is 0. The van der Waals surface area contributed by atoms with Crippen LogP contribution < -0.4 is 17.2 Å². The number of carbonyl (C=O) groups is 1. The zero-order valence-electron chi connectivity index (χ0n) is 19.1. The van der Waals surface area contributed by atoms with Gasteiger partial charge in [0.25, 0.3) is 0 Å². The van der Waals surface area contributed by atoms with Crippen LogP contribution in [0.15, 0.2) is 4.99 Å². The Morgan fingerprint density at radius 2 is 1.29 bits per heavy atom. The van der Waals surface area contributed by atoms with Gasteiger partial charge in [-0.3, -0.25) is 9.79 Å². The van der Waals surface area contributed by atoms with Gasteiger partial charge in [-0.05, 0) is 19.3 Å². The number of carbonyl (C=O) groups excluding carboxylic acids is 1. The minimum atomic E-state index is -4.64. The van der Waals surface area contributed by atoms with E-state index in [0.717, 1.165) is 12.8 Å². The first-order valence-corrected chi connectivity index (χ1v) is 12.9. The molecule has 0 bridgehead atoms. The number of hydrogen-bond donors (Lipinski definition) is 6. The molecule has 0 spiro atoms. The van der Waals surface area contributed by atoms with Crippen LogP contribution in [0.4, 0.5) is 0 Å². The molecule has 186 valence electrons. The third-order valence-corrected chi connectivity index (χ3v) is 4.51. The van der Waals surface area contributed by atoms with Crippen LogP contribution in [0.5, 0.6) is 0 Å². The fourth-order valence-corrected chi connectivity index (χ4v) is 2.86. The average molecular weight is 469 g/mol. The Morgan fingerprint density at radius 3 is 1.71 bits per heavy atom. The van der Waals surface area contributed by atoms with Crippen molar-refractivity contribution >= 4 is 19.8 Å². The van der Waals surface area contributed by atoms with Crippen molar-refractivity contribution in [3.8, 4) is 0 Å². The number of nitrogens with two attached hydrogens (primary N) is 3. The van der Waals surface area contributed by atoms with Crippen LogP contribution in [-0.2, 0) is 14.1 Å². The van der Waals surface area contributed by atoms with Gasteiger partial charge in [0.15, 0.2) is 5.96 Å². The fraction of sp³-hybridized carbons (Fsp3) is 0.900. The van der Waals surface area contributed by atoms with Crippen LogP contribution in [0.1, 0.15) is 96.8 Å². The molecule has 0 fully saturated rings. The van der Waals surface area contributed by atoms with Gasteiger partial charge < -0.3 is 36.6 Å². The highest BCUT2D eigenvalue weighted by molar-refractivity contribution is 7.45. The highest BCUT2D eigenvalue weighted by atomic mass is 31.2. The molecule has 0 aliphatic heterocycles. The van der Waals surface area contributed by atoms with Crippen molar-refractivity contribution < 1.29 is 28.8 Å². The van der Waals surface area contributed by atoms with Gasteiger partial charge in [-0.1, -0.05) is 77.6 Å². The number of hydrogen-bond acceptors (Lipinski definition) is 5. The van der Waals surface area contributed by atoms with Crippen molar-refractivity contribution in [1.29, 1.82) is 0 Å². The molecule has 0 heterocycles. The molecule has 0 aliphatic carbocycles. The van der Waals surface area contributed by atoms with Crippen molar-refractivity contribution in [3.63, 3.8) is 0 Å². The van der Waals surface area contributed by atoms with Crippen LogP contribution in [0.2, 0.25) is 0 Å². The van der Waals surface area contributed by atoms with E-state index in [4.69, 9.17) is 41.2 Å². The van der Waals surface area contributed by atoms with Crippen molar-refractivity contribution in [1.82, 2.24) is 0 Å². The zero-order chi connectivity index (χ0) is 24.0. The highest BCUT2D eigenvalue weighted by Crippen LogP contribution is 2.25. The van der Waals surface area contributed by atoms with E-state index in [-0.39, 0.29) is 11.9 Å². The van der Waals surface area contributed by atoms with E-state index in [1.54, 1.807) is 0 Å². The maximum atomic E-state index is 11.7. The molecule has 0 rings (SSSR count). The summed E-state index contributed by atoms with van der Waals surface area (Å²) in [5, 5.41) is 0. The number of ether oxygens (including phenoxy) is 1. The molecular formula is C20H45N4O6P. The van der Waals surface area contributed by atoms with E-state index in [9.17, 15) is 4.79 Å². The Balaban J connectivity index is 0. The van der Waals surface area contributed by atoms with Crippen molar-refractivity contribution in [2.45, 2.75) is 103 Å². The molecule has 0 aromatic rings. The van der Waals surface area contributed by atoms with Gasteiger partial charge in [0, 0.05) is 6.54 Å². The third-order valence-electron chi connectivity index (χ3n) is 4.51. The summed E-state index contributed by atoms with van der Waals surface area (Å²) in [5.74, 6) is -0.258. The van der Waals surface area contributed by atoms with Gasteiger partial charge in [-0.2, -0.15) is 0 Å². The van der Waals surface area contributed by atoms with Crippen LogP contribution >= 0.6 is 7.82 Å². The van der Waals surface area contributed by atoms with Crippen LogP contribution in [0, 0.1) is 0 Å². The second-order valence-corrected chi connectivity index (χ2v) is 8.65. The Kier molecular flexibility index (Phi) is 22.7. The van der Waals surface area contributed by atoms with E-state index >= 15 is 0 Å². The quantitative estimate of drug-likeness (QED) is 0.0576. The Labute approximate surface area is 187 Å². The summed E-state index contributed by atoms with van der Waals surface area (Å²) in [6.07, 6.45) is 16.7. The molecule has 0 aliphatic rings. The number of rotatable bonds is 18. The first-order valence-electron chi connectivity index (χ1n) is 11.3. The Hall–Kier alpha value is -1.19. The predicted octanol–water partition coefficient (Wildman–Crippen LogP) is 2.68. The first kappa shape index (κ1) is 32.0. The van der Waals surface area contributed by atoms with Crippen molar-refractivity contribution in [2.24, 2.45) is 22.2 Å². The van der Waals surface area contributed by atoms with Crippen LogP contribution in [-0.4, -0.2) is 45.8 Å². The predicted molar refractivity (Wildman–Crippen MR) is 124 cm³/mol. The first-order chi connectivity index (χ1) is 14.6. The topological polar surface area (TPSA) is 194 Å². The molecule has 0 aromatic heterocycles. The van der Waals surface area contributed by atoms with E-state index in [0.29, 0.717) is 26.0 Å². The molecule has 0 radical (unpaired) electrons. The third kappa shape index (κ3) is 33.6. The van der Waals surface area contributed by atoms with Crippen LogP contribution in [0.3, 0.4) is 0 Å². The molecule has 0 saturated carbocycles. The maximum absolute atomic E-state index is 11.7. The second kappa shape index (κ2) is 22.0. The molecule has 31 heavy (non-hydrogen) atoms.